The molecule has 2 aromatic carbocycles. The van der Waals surface area contributed by atoms with Crippen LogP contribution in [0.2, 0.25) is 0 Å². The molecule has 0 atom stereocenters. The second kappa shape index (κ2) is 8.77. The zero-order valence-corrected chi connectivity index (χ0v) is 15.1. The van der Waals surface area contributed by atoms with Gasteiger partial charge < -0.3 is 10.6 Å². The number of thiocarbonyl (C=S) groups is 1. The molecule has 0 radical (unpaired) electrons. The number of hydrogen-bond donors (Lipinski definition) is 2. The highest BCUT2D eigenvalue weighted by Crippen LogP contribution is 2.32. The average molecular weight is 353 g/mol. The van der Waals surface area contributed by atoms with Crippen LogP contribution in [0.15, 0.2) is 54.6 Å². The Morgan fingerprint density at radius 2 is 1.64 bits per heavy atom. The van der Waals surface area contributed by atoms with Gasteiger partial charge in [0, 0.05) is 12.2 Å². The van der Waals surface area contributed by atoms with Crippen molar-refractivity contribution in [1.29, 1.82) is 0 Å². The van der Waals surface area contributed by atoms with E-state index in [1.165, 1.54) is 37.7 Å². The average Bonchev–Trinajstić information content (AvgIpc) is 2.68. The van der Waals surface area contributed by atoms with Gasteiger partial charge in [-0.25, -0.2) is 0 Å². The van der Waals surface area contributed by atoms with Crippen molar-refractivity contribution >= 4 is 28.8 Å². The van der Waals surface area contributed by atoms with Crippen LogP contribution in [-0.4, -0.2) is 10.9 Å². The van der Waals surface area contributed by atoms with E-state index in [-0.39, 0.29) is 10.9 Å². The van der Waals surface area contributed by atoms with Crippen LogP contribution < -0.4 is 10.6 Å². The minimum atomic E-state index is -0.267. The lowest BCUT2D eigenvalue weighted by atomic mass is 9.84. The number of carbonyl (C=O) groups is 1. The van der Waals surface area contributed by atoms with Crippen molar-refractivity contribution in [3.63, 3.8) is 0 Å². The van der Waals surface area contributed by atoms with Crippen molar-refractivity contribution in [2.75, 3.05) is 5.32 Å². The fourth-order valence-electron chi connectivity index (χ4n) is 3.32. The molecule has 1 saturated carbocycles. The maximum Gasteiger partial charge on any atom is 0.283 e. The molecule has 1 amide bonds. The molecule has 0 aromatic heterocycles. The molecule has 0 heterocycles. The molecule has 1 aliphatic rings. The van der Waals surface area contributed by atoms with Gasteiger partial charge in [0.05, 0.1) is 0 Å². The molecular formula is C21H24N2OS. The zero-order valence-electron chi connectivity index (χ0n) is 14.3. The smallest absolute Gasteiger partial charge is 0.283 e. The Morgan fingerprint density at radius 3 is 2.32 bits per heavy atom. The minimum Gasteiger partial charge on any atom is -0.368 e. The Hall–Kier alpha value is -2.20. The van der Waals surface area contributed by atoms with Gasteiger partial charge in [0.25, 0.3) is 5.91 Å². The van der Waals surface area contributed by atoms with E-state index in [9.17, 15) is 4.79 Å². The second-order valence-corrected chi connectivity index (χ2v) is 6.99. The number of nitrogens with one attached hydrogen (secondary N) is 2. The van der Waals surface area contributed by atoms with Gasteiger partial charge >= 0.3 is 0 Å². The maximum atomic E-state index is 12.2. The number of benzene rings is 2. The summed E-state index contributed by atoms with van der Waals surface area (Å²) in [5.74, 6) is 0.406. The molecule has 0 spiro atoms. The third kappa shape index (κ3) is 5.13. The second-order valence-electron chi connectivity index (χ2n) is 6.58. The summed E-state index contributed by atoms with van der Waals surface area (Å²) in [5, 5.41) is 5.87. The van der Waals surface area contributed by atoms with Crippen molar-refractivity contribution in [2.45, 2.75) is 44.6 Å². The van der Waals surface area contributed by atoms with Crippen molar-refractivity contribution in [3.05, 3.63) is 65.7 Å². The van der Waals surface area contributed by atoms with E-state index in [2.05, 4.69) is 22.8 Å². The first kappa shape index (κ1) is 17.6. The Labute approximate surface area is 154 Å². The van der Waals surface area contributed by atoms with E-state index in [1.54, 1.807) is 0 Å². The van der Waals surface area contributed by atoms with Crippen LogP contribution in [0, 0.1) is 0 Å². The van der Waals surface area contributed by atoms with Crippen LogP contribution >= 0.6 is 12.2 Å². The van der Waals surface area contributed by atoms with Crippen LogP contribution in [0.5, 0.6) is 0 Å². The van der Waals surface area contributed by atoms with E-state index in [1.807, 2.05) is 42.5 Å². The molecule has 0 saturated heterocycles. The number of hydrogen-bond acceptors (Lipinski definition) is 2. The molecule has 4 heteroatoms. The fraction of sp³-hybridized carbons (Fsp3) is 0.333. The largest absolute Gasteiger partial charge is 0.368 e. The standard InChI is InChI=1S/C21H24N2OS/c24-20(21(25)22-15-16-7-3-1-4-8-16)23-19-13-11-18(12-14-19)17-9-5-2-6-10-17/h1,3-4,7-8,11-14,17H,2,5-6,9-10,15H2,(H,22,25)(H,23,24). The Kier molecular flexibility index (Phi) is 6.18. The van der Waals surface area contributed by atoms with Crippen molar-refractivity contribution in [1.82, 2.24) is 5.32 Å². The first-order valence-electron chi connectivity index (χ1n) is 8.95. The zero-order chi connectivity index (χ0) is 17.5. The van der Waals surface area contributed by atoms with Crippen LogP contribution in [0.3, 0.4) is 0 Å². The fourth-order valence-corrected chi connectivity index (χ4v) is 3.44. The highest BCUT2D eigenvalue weighted by molar-refractivity contribution is 7.82. The summed E-state index contributed by atoms with van der Waals surface area (Å²) in [6, 6.07) is 18.1. The number of rotatable bonds is 4. The van der Waals surface area contributed by atoms with Gasteiger partial charge in [0.2, 0.25) is 0 Å². The van der Waals surface area contributed by atoms with Crippen LogP contribution in [0.25, 0.3) is 0 Å². The molecule has 1 aliphatic carbocycles. The van der Waals surface area contributed by atoms with Gasteiger partial charge in [-0.3, -0.25) is 4.79 Å². The molecule has 0 bridgehead atoms. The Bertz CT molecular complexity index is 706. The number of carbonyl (C=O) groups excluding carboxylic acids is 1. The third-order valence-corrected chi connectivity index (χ3v) is 5.08. The molecule has 3 nitrogen and oxygen atoms in total. The number of anilines is 1. The van der Waals surface area contributed by atoms with Crippen molar-refractivity contribution in [2.24, 2.45) is 0 Å². The first-order valence-corrected chi connectivity index (χ1v) is 9.36. The van der Waals surface area contributed by atoms with Crippen LogP contribution in [0.1, 0.15) is 49.1 Å². The molecule has 3 rings (SSSR count). The summed E-state index contributed by atoms with van der Waals surface area (Å²) in [6.45, 7) is 0.549. The summed E-state index contributed by atoms with van der Waals surface area (Å²) in [6.07, 6.45) is 6.56. The lowest BCUT2D eigenvalue weighted by Crippen LogP contribution is -2.33. The quantitative estimate of drug-likeness (QED) is 0.777. The molecule has 0 aliphatic heterocycles. The summed E-state index contributed by atoms with van der Waals surface area (Å²) < 4.78 is 0. The molecule has 1 fully saturated rings. The van der Waals surface area contributed by atoms with E-state index < -0.39 is 0 Å². The summed E-state index contributed by atoms with van der Waals surface area (Å²) >= 11 is 5.18. The van der Waals surface area contributed by atoms with E-state index in [0.29, 0.717) is 12.5 Å². The predicted octanol–water partition coefficient (Wildman–Crippen LogP) is 4.79. The van der Waals surface area contributed by atoms with Gasteiger partial charge in [0.15, 0.2) is 4.99 Å². The van der Waals surface area contributed by atoms with Gasteiger partial charge in [-0.15, -0.1) is 0 Å². The monoisotopic (exact) mass is 352 g/mol. The molecule has 2 N–H and O–H groups in total. The molecule has 0 unspecified atom stereocenters. The minimum absolute atomic E-state index is 0.209. The normalized spacial score (nSPS) is 14.7. The maximum absolute atomic E-state index is 12.2. The summed E-state index contributed by atoms with van der Waals surface area (Å²) in [7, 11) is 0. The lowest BCUT2D eigenvalue weighted by molar-refractivity contribution is -0.110. The van der Waals surface area contributed by atoms with Gasteiger partial charge in [-0.2, -0.15) is 0 Å². The Balaban J connectivity index is 1.50. The first-order chi connectivity index (χ1) is 12.2. The van der Waals surface area contributed by atoms with Crippen LogP contribution in [-0.2, 0) is 11.3 Å². The van der Waals surface area contributed by atoms with Crippen molar-refractivity contribution < 1.29 is 4.79 Å². The highest BCUT2D eigenvalue weighted by atomic mass is 32.1. The van der Waals surface area contributed by atoms with E-state index in [4.69, 9.17) is 12.2 Å². The number of amides is 1. The van der Waals surface area contributed by atoms with E-state index >= 15 is 0 Å². The van der Waals surface area contributed by atoms with Gasteiger partial charge in [-0.05, 0) is 42.0 Å². The molecular weight excluding hydrogens is 328 g/mol. The predicted molar refractivity (Wildman–Crippen MR) is 107 cm³/mol. The van der Waals surface area contributed by atoms with E-state index in [0.717, 1.165) is 11.3 Å². The third-order valence-electron chi connectivity index (χ3n) is 4.75. The summed E-state index contributed by atoms with van der Waals surface area (Å²) in [4.78, 5) is 12.4. The highest BCUT2D eigenvalue weighted by Gasteiger charge is 2.15. The van der Waals surface area contributed by atoms with Gasteiger partial charge in [-0.1, -0.05) is 73.9 Å². The van der Waals surface area contributed by atoms with Crippen LogP contribution in [0.4, 0.5) is 5.69 Å². The SMILES string of the molecule is O=C(Nc1ccc(C2CCCCC2)cc1)C(=S)NCc1ccccc1. The summed E-state index contributed by atoms with van der Waals surface area (Å²) in [5.41, 5.74) is 3.25. The van der Waals surface area contributed by atoms with Gasteiger partial charge in [0.1, 0.15) is 0 Å². The lowest BCUT2D eigenvalue weighted by Gasteiger charge is -2.22. The Morgan fingerprint density at radius 1 is 0.960 bits per heavy atom. The molecule has 2 aromatic rings. The molecule has 25 heavy (non-hydrogen) atoms. The molecule has 130 valence electrons. The van der Waals surface area contributed by atoms with Crippen molar-refractivity contribution in [3.8, 4) is 0 Å². The topological polar surface area (TPSA) is 41.1 Å².